The molecule has 1 N–H and O–H groups in total. The number of amides is 1. The minimum absolute atomic E-state index is 0.140. The van der Waals surface area contributed by atoms with Crippen LogP contribution in [0.4, 0.5) is 0 Å². The number of carbonyl (C=O) groups is 3. The van der Waals surface area contributed by atoms with E-state index in [1.54, 1.807) is 72.8 Å². The zero-order valence-corrected chi connectivity index (χ0v) is 21.0. The molecule has 1 amide bonds. The summed E-state index contributed by atoms with van der Waals surface area (Å²) >= 11 is 0. The molecule has 0 aliphatic carbocycles. The van der Waals surface area contributed by atoms with Crippen LogP contribution in [0.25, 0.3) is 0 Å². The van der Waals surface area contributed by atoms with Gasteiger partial charge in [0.05, 0.1) is 17.3 Å². The first kappa shape index (κ1) is 27.3. The van der Waals surface area contributed by atoms with Crippen LogP contribution in [0.15, 0.2) is 84.0 Å². The van der Waals surface area contributed by atoms with E-state index in [-0.39, 0.29) is 17.4 Å². The number of nitrogens with one attached hydrogen (secondary N) is 1. The van der Waals surface area contributed by atoms with Crippen molar-refractivity contribution in [3.63, 3.8) is 0 Å². The van der Waals surface area contributed by atoms with Crippen molar-refractivity contribution in [3.05, 3.63) is 95.6 Å². The summed E-state index contributed by atoms with van der Waals surface area (Å²) in [6.07, 6.45) is 8.35. The van der Waals surface area contributed by atoms with Gasteiger partial charge in [0.25, 0.3) is 0 Å². The minimum Gasteiger partial charge on any atom is -0.423 e. The molecule has 3 aromatic carbocycles. The van der Waals surface area contributed by atoms with E-state index in [0.29, 0.717) is 23.1 Å². The summed E-state index contributed by atoms with van der Waals surface area (Å²) in [4.78, 5) is 37.2. The molecule has 0 saturated heterocycles. The van der Waals surface area contributed by atoms with Crippen LogP contribution in [0.2, 0.25) is 0 Å². The molecule has 0 spiro atoms. The summed E-state index contributed by atoms with van der Waals surface area (Å²) in [6.45, 7) is 2.17. The third-order valence-electron chi connectivity index (χ3n) is 5.57. The second-order valence-corrected chi connectivity index (χ2v) is 8.52. The predicted octanol–water partition coefficient (Wildman–Crippen LogP) is 6.33. The Morgan fingerprint density at radius 3 is 2.00 bits per heavy atom. The normalized spacial score (nSPS) is 10.7. The monoisotopic (exact) mass is 500 g/mol. The Labute approximate surface area is 217 Å². The van der Waals surface area contributed by atoms with E-state index >= 15 is 0 Å². The molecule has 0 atom stereocenters. The van der Waals surface area contributed by atoms with Crippen molar-refractivity contribution < 1.29 is 23.9 Å². The molecule has 0 aliphatic heterocycles. The third kappa shape index (κ3) is 9.37. The molecule has 7 nitrogen and oxygen atoms in total. The lowest BCUT2D eigenvalue weighted by molar-refractivity contribution is -0.121. The van der Waals surface area contributed by atoms with Crippen molar-refractivity contribution in [1.29, 1.82) is 0 Å². The molecule has 3 aromatic rings. The van der Waals surface area contributed by atoms with Crippen molar-refractivity contribution >= 4 is 24.1 Å². The summed E-state index contributed by atoms with van der Waals surface area (Å²) in [5, 5.41) is 4.03. The topological polar surface area (TPSA) is 94.1 Å². The van der Waals surface area contributed by atoms with E-state index in [0.717, 1.165) is 19.3 Å². The Hall–Kier alpha value is -4.26. The lowest BCUT2D eigenvalue weighted by Crippen LogP contribution is -2.17. The second-order valence-electron chi connectivity index (χ2n) is 8.52. The fourth-order valence-electron chi connectivity index (χ4n) is 3.54. The van der Waals surface area contributed by atoms with Gasteiger partial charge in [-0.2, -0.15) is 5.10 Å². The molecule has 0 heterocycles. The maximum Gasteiger partial charge on any atom is 0.343 e. The highest BCUT2D eigenvalue weighted by molar-refractivity contribution is 5.94. The average Bonchev–Trinajstić information content (AvgIpc) is 2.92. The predicted molar refractivity (Wildman–Crippen MR) is 143 cm³/mol. The molecule has 7 heteroatoms. The van der Waals surface area contributed by atoms with Crippen LogP contribution in [0.5, 0.6) is 11.5 Å². The van der Waals surface area contributed by atoms with Crippen molar-refractivity contribution in [2.45, 2.75) is 51.9 Å². The molecular formula is C30H32N2O5. The van der Waals surface area contributed by atoms with Crippen LogP contribution < -0.4 is 14.9 Å². The maximum atomic E-state index is 12.7. The summed E-state index contributed by atoms with van der Waals surface area (Å²) in [7, 11) is 0. The van der Waals surface area contributed by atoms with E-state index in [1.807, 2.05) is 0 Å². The van der Waals surface area contributed by atoms with Gasteiger partial charge in [-0.25, -0.2) is 15.0 Å². The largest absolute Gasteiger partial charge is 0.423 e. The minimum atomic E-state index is -0.575. The first-order chi connectivity index (χ1) is 18.1. The second kappa shape index (κ2) is 15.0. The molecule has 37 heavy (non-hydrogen) atoms. The number of ether oxygens (including phenoxy) is 2. The highest BCUT2D eigenvalue weighted by Gasteiger charge is 2.14. The van der Waals surface area contributed by atoms with Gasteiger partial charge in [0.1, 0.15) is 11.5 Å². The summed E-state index contributed by atoms with van der Waals surface area (Å²) in [6, 6.07) is 21.7. The SMILES string of the molecule is CCCCCCCCC(=O)N/N=C/c1ccc(OC(=O)c2ccccc2)cc1OC(=O)c1ccccc1. The van der Waals surface area contributed by atoms with Gasteiger partial charge in [-0.15, -0.1) is 0 Å². The Morgan fingerprint density at radius 2 is 1.35 bits per heavy atom. The molecule has 0 aliphatic rings. The zero-order chi connectivity index (χ0) is 26.3. The molecule has 3 rings (SSSR count). The Bertz CT molecular complexity index is 1190. The van der Waals surface area contributed by atoms with E-state index in [2.05, 4.69) is 17.5 Å². The number of nitrogens with zero attached hydrogens (tertiary/aromatic N) is 1. The van der Waals surface area contributed by atoms with Gasteiger partial charge in [0.2, 0.25) is 5.91 Å². The first-order valence-corrected chi connectivity index (χ1v) is 12.6. The number of carbonyl (C=O) groups excluding carboxylic acids is 3. The van der Waals surface area contributed by atoms with Crippen LogP contribution in [-0.2, 0) is 4.79 Å². The fourth-order valence-corrected chi connectivity index (χ4v) is 3.54. The van der Waals surface area contributed by atoms with Gasteiger partial charge in [-0.1, -0.05) is 75.4 Å². The van der Waals surface area contributed by atoms with Crippen molar-refractivity contribution in [2.75, 3.05) is 0 Å². The Balaban J connectivity index is 1.67. The molecule has 0 bridgehead atoms. The number of unbranched alkanes of at least 4 members (excludes halogenated alkanes) is 5. The van der Waals surface area contributed by atoms with Gasteiger partial charge in [0, 0.05) is 18.1 Å². The van der Waals surface area contributed by atoms with Gasteiger partial charge < -0.3 is 9.47 Å². The molecule has 0 unspecified atom stereocenters. The number of hydrogen-bond acceptors (Lipinski definition) is 6. The Morgan fingerprint density at radius 1 is 0.757 bits per heavy atom. The van der Waals surface area contributed by atoms with E-state index in [9.17, 15) is 14.4 Å². The summed E-state index contributed by atoms with van der Waals surface area (Å²) in [5.41, 5.74) is 3.71. The highest BCUT2D eigenvalue weighted by atomic mass is 16.5. The summed E-state index contributed by atoms with van der Waals surface area (Å²) in [5.74, 6) is -0.948. The van der Waals surface area contributed by atoms with Crippen LogP contribution >= 0.6 is 0 Å². The van der Waals surface area contributed by atoms with E-state index in [1.165, 1.54) is 31.5 Å². The standard InChI is InChI=1S/C30H32N2O5/c1-2-3-4-5-6-13-18-28(33)32-31-22-25-19-20-26(36-29(34)23-14-9-7-10-15-23)21-27(25)37-30(35)24-16-11-8-12-17-24/h7-12,14-17,19-22H,2-6,13,18H2,1H3,(H,32,33)/b31-22+. The molecule has 0 radical (unpaired) electrons. The highest BCUT2D eigenvalue weighted by Crippen LogP contribution is 2.26. The number of hydrogen-bond donors (Lipinski definition) is 1. The lowest BCUT2D eigenvalue weighted by Gasteiger charge is -2.10. The number of benzene rings is 3. The van der Waals surface area contributed by atoms with Crippen molar-refractivity contribution in [2.24, 2.45) is 5.10 Å². The van der Waals surface area contributed by atoms with E-state index < -0.39 is 11.9 Å². The van der Waals surface area contributed by atoms with E-state index in [4.69, 9.17) is 9.47 Å². The first-order valence-electron chi connectivity index (χ1n) is 12.6. The van der Waals surface area contributed by atoms with Gasteiger partial charge in [-0.3, -0.25) is 4.79 Å². The number of rotatable bonds is 13. The van der Waals surface area contributed by atoms with Gasteiger partial charge in [0.15, 0.2) is 0 Å². The van der Waals surface area contributed by atoms with Gasteiger partial charge >= 0.3 is 11.9 Å². The average molecular weight is 501 g/mol. The van der Waals surface area contributed by atoms with Gasteiger partial charge in [-0.05, 0) is 42.8 Å². The number of hydrazone groups is 1. The van der Waals surface area contributed by atoms with Crippen LogP contribution in [0, 0.1) is 0 Å². The smallest absolute Gasteiger partial charge is 0.343 e. The molecule has 0 saturated carbocycles. The number of esters is 2. The fraction of sp³-hybridized carbons (Fsp3) is 0.267. The maximum absolute atomic E-state index is 12.7. The molecule has 0 aromatic heterocycles. The lowest BCUT2D eigenvalue weighted by atomic mass is 10.1. The quantitative estimate of drug-likeness (QED) is 0.0974. The van der Waals surface area contributed by atoms with Crippen LogP contribution in [0.1, 0.15) is 78.1 Å². The van der Waals surface area contributed by atoms with Crippen molar-refractivity contribution in [1.82, 2.24) is 5.43 Å². The van der Waals surface area contributed by atoms with Crippen LogP contribution in [0.3, 0.4) is 0 Å². The summed E-state index contributed by atoms with van der Waals surface area (Å²) < 4.78 is 11.1. The van der Waals surface area contributed by atoms with Crippen LogP contribution in [-0.4, -0.2) is 24.1 Å². The zero-order valence-electron chi connectivity index (χ0n) is 21.0. The molecule has 192 valence electrons. The molecule has 0 fully saturated rings. The van der Waals surface area contributed by atoms with Crippen molar-refractivity contribution in [3.8, 4) is 11.5 Å². The Kier molecular flexibility index (Phi) is 11.1. The molecular weight excluding hydrogens is 468 g/mol. The third-order valence-corrected chi connectivity index (χ3v) is 5.57.